The Morgan fingerprint density at radius 3 is 2.40 bits per heavy atom. The van der Waals surface area contributed by atoms with E-state index < -0.39 is 10.0 Å². The van der Waals surface area contributed by atoms with E-state index in [4.69, 9.17) is 0 Å². The van der Waals surface area contributed by atoms with Gasteiger partial charge < -0.3 is 5.32 Å². The molecule has 0 unspecified atom stereocenters. The van der Waals surface area contributed by atoms with E-state index in [0.717, 1.165) is 21.9 Å². The lowest BCUT2D eigenvalue weighted by Crippen LogP contribution is -2.29. The molecule has 0 aliphatic rings. The van der Waals surface area contributed by atoms with Gasteiger partial charge in [0, 0.05) is 19.7 Å². The van der Waals surface area contributed by atoms with Crippen LogP contribution in [-0.2, 0) is 10.0 Å². The van der Waals surface area contributed by atoms with Crippen LogP contribution in [0.1, 0.15) is 40.9 Å². The summed E-state index contributed by atoms with van der Waals surface area (Å²) >= 11 is 0. The van der Waals surface area contributed by atoms with Crippen LogP contribution in [0.25, 0.3) is 0 Å². The highest BCUT2D eigenvalue weighted by atomic mass is 32.2. The number of amides is 1. The first-order valence-corrected chi connectivity index (χ1v) is 9.60. The third-order valence-electron chi connectivity index (χ3n) is 4.15. The minimum atomic E-state index is -3.57. The Bertz CT molecular complexity index is 860. The Hall–Kier alpha value is -2.18. The number of hydrogen-bond acceptors (Lipinski definition) is 3. The molecule has 0 aliphatic heterocycles. The zero-order chi connectivity index (χ0) is 18.6. The average Bonchev–Trinajstić information content (AvgIpc) is 2.60. The summed E-state index contributed by atoms with van der Waals surface area (Å²) in [6.07, 6.45) is 0.742. The fourth-order valence-electron chi connectivity index (χ4n) is 2.63. The zero-order valence-electron chi connectivity index (χ0n) is 15.0. The van der Waals surface area contributed by atoms with E-state index >= 15 is 0 Å². The summed E-state index contributed by atoms with van der Waals surface area (Å²) in [5.41, 5.74) is 2.50. The van der Waals surface area contributed by atoms with Crippen LogP contribution >= 0.6 is 0 Å². The van der Waals surface area contributed by atoms with Crippen molar-refractivity contribution in [3.8, 4) is 0 Å². The SMILES string of the molecule is CC[C@@H](NC(=O)c1cccc(S(=O)(=O)N(C)C)c1)c1ccccc1C. The topological polar surface area (TPSA) is 66.5 Å². The van der Waals surface area contributed by atoms with E-state index in [0.29, 0.717) is 5.56 Å². The number of nitrogens with zero attached hydrogens (tertiary/aromatic N) is 1. The smallest absolute Gasteiger partial charge is 0.251 e. The molecule has 134 valence electrons. The Morgan fingerprint density at radius 1 is 1.12 bits per heavy atom. The van der Waals surface area contributed by atoms with Crippen molar-refractivity contribution in [3.63, 3.8) is 0 Å². The van der Waals surface area contributed by atoms with Crippen LogP contribution in [0.2, 0.25) is 0 Å². The first-order valence-electron chi connectivity index (χ1n) is 8.16. The molecule has 5 nitrogen and oxygen atoms in total. The number of sulfonamides is 1. The molecule has 0 fully saturated rings. The van der Waals surface area contributed by atoms with Crippen LogP contribution in [0.15, 0.2) is 53.4 Å². The molecule has 1 atom stereocenters. The van der Waals surface area contributed by atoms with Crippen LogP contribution in [0.4, 0.5) is 0 Å². The summed E-state index contributed by atoms with van der Waals surface area (Å²) in [4.78, 5) is 12.7. The molecule has 1 amide bonds. The van der Waals surface area contributed by atoms with Crippen molar-refractivity contribution in [1.82, 2.24) is 9.62 Å². The van der Waals surface area contributed by atoms with Gasteiger partial charge in [-0.15, -0.1) is 0 Å². The van der Waals surface area contributed by atoms with Crippen molar-refractivity contribution in [1.29, 1.82) is 0 Å². The number of hydrogen-bond donors (Lipinski definition) is 1. The maximum atomic E-state index is 12.6. The molecule has 0 saturated heterocycles. The standard InChI is InChI=1S/C19H24N2O3S/c1-5-18(17-12-7-6-9-14(17)2)20-19(22)15-10-8-11-16(13-15)25(23,24)21(3)4/h6-13,18H,5H2,1-4H3,(H,20,22)/t18-/m1/s1. The molecule has 1 N–H and O–H groups in total. The monoisotopic (exact) mass is 360 g/mol. The number of aryl methyl sites for hydroxylation is 1. The quantitative estimate of drug-likeness (QED) is 0.861. The summed E-state index contributed by atoms with van der Waals surface area (Å²) in [6.45, 7) is 4.01. The molecule has 2 aromatic carbocycles. The highest BCUT2D eigenvalue weighted by molar-refractivity contribution is 7.89. The van der Waals surface area contributed by atoms with Crippen molar-refractivity contribution in [2.24, 2.45) is 0 Å². The third-order valence-corrected chi connectivity index (χ3v) is 5.96. The number of carbonyl (C=O) groups excluding carboxylic acids is 1. The van der Waals surface area contributed by atoms with Gasteiger partial charge in [-0.25, -0.2) is 12.7 Å². The van der Waals surface area contributed by atoms with Gasteiger partial charge in [-0.1, -0.05) is 37.3 Å². The average molecular weight is 360 g/mol. The minimum Gasteiger partial charge on any atom is -0.345 e. The molecule has 2 rings (SSSR count). The molecule has 0 aromatic heterocycles. The molecule has 0 spiro atoms. The third kappa shape index (κ3) is 4.27. The van der Waals surface area contributed by atoms with Crippen LogP contribution in [0.5, 0.6) is 0 Å². The number of nitrogens with one attached hydrogen (secondary N) is 1. The predicted octanol–water partition coefficient (Wildman–Crippen LogP) is 3.13. The minimum absolute atomic E-state index is 0.106. The van der Waals surface area contributed by atoms with Gasteiger partial charge >= 0.3 is 0 Å². The van der Waals surface area contributed by atoms with E-state index in [2.05, 4.69) is 5.32 Å². The second-order valence-corrected chi connectivity index (χ2v) is 8.26. The molecule has 0 aliphatic carbocycles. The highest BCUT2D eigenvalue weighted by Gasteiger charge is 2.20. The zero-order valence-corrected chi connectivity index (χ0v) is 15.8. The van der Waals surface area contributed by atoms with Crippen molar-refractivity contribution < 1.29 is 13.2 Å². The predicted molar refractivity (Wildman–Crippen MR) is 99.0 cm³/mol. The summed E-state index contributed by atoms with van der Waals surface area (Å²) < 4.78 is 25.6. The molecular formula is C19H24N2O3S. The van der Waals surface area contributed by atoms with Crippen LogP contribution in [0.3, 0.4) is 0 Å². The van der Waals surface area contributed by atoms with Crippen molar-refractivity contribution >= 4 is 15.9 Å². The van der Waals surface area contributed by atoms with E-state index in [9.17, 15) is 13.2 Å². The Labute approximate surface area is 149 Å². The second kappa shape index (κ2) is 7.80. The Morgan fingerprint density at radius 2 is 1.80 bits per heavy atom. The van der Waals surface area contributed by atoms with Gasteiger partial charge in [-0.05, 0) is 42.7 Å². The van der Waals surface area contributed by atoms with Gasteiger partial charge in [0.05, 0.1) is 10.9 Å². The lowest BCUT2D eigenvalue weighted by molar-refractivity contribution is 0.0935. The van der Waals surface area contributed by atoms with Crippen LogP contribution < -0.4 is 5.32 Å². The number of carbonyl (C=O) groups is 1. The fraction of sp³-hybridized carbons (Fsp3) is 0.316. The maximum absolute atomic E-state index is 12.6. The lowest BCUT2D eigenvalue weighted by Gasteiger charge is -2.20. The van der Waals surface area contributed by atoms with E-state index in [1.54, 1.807) is 12.1 Å². The molecule has 25 heavy (non-hydrogen) atoms. The normalized spacial score (nSPS) is 12.8. The highest BCUT2D eigenvalue weighted by Crippen LogP contribution is 2.21. The van der Waals surface area contributed by atoms with Crippen molar-refractivity contribution in [2.75, 3.05) is 14.1 Å². The molecule has 2 aromatic rings. The molecule has 0 saturated carbocycles. The van der Waals surface area contributed by atoms with E-state index in [1.165, 1.54) is 26.2 Å². The fourth-order valence-corrected chi connectivity index (χ4v) is 3.58. The van der Waals surface area contributed by atoms with Crippen LogP contribution in [0, 0.1) is 6.92 Å². The van der Waals surface area contributed by atoms with E-state index in [-0.39, 0.29) is 16.8 Å². The summed E-state index contributed by atoms with van der Waals surface area (Å²) in [6, 6.07) is 13.9. The summed E-state index contributed by atoms with van der Waals surface area (Å²) in [7, 11) is -0.641. The molecule has 6 heteroatoms. The van der Waals surface area contributed by atoms with Gasteiger partial charge in [0.1, 0.15) is 0 Å². The maximum Gasteiger partial charge on any atom is 0.251 e. The van der Waals surface area contributed by atoms with Gasteiger partial charge in [-0.2, -0.15) is 0 Å². The van der Waals surface area contributed by atoms with Crippen molar-refractivity contribution in [3.05, 3.63) is 65.2 Å². The molecule has 0 radical (unpaired) electrons. The van der Waals surface area contributed by atoms with Crippen molar-refractivity contribution in [2.45, 2.75) is 31.2 Å². The summed E-state index contributed by atoms with van der Waals surface area (Å²) in [5, 5.41) is 3.00. The molecule has 0 bridgehead atoms. The van der Waals surface area contributed by atoms with Gasteiger partial charge in [0.15, 0.2) is 0 Å². The van der Waals surface area contributed by atoms with Gasteiger partial charge in [-0.3, -0.25) is 4.79 Å². The van der Waals surface area contributed by atoms with E-state index in [1.807, 2.05) is 38.1 Å². The molecule has 0 heterocycles. The number of benzene rings is 2. The Kier molecular flexibility index (Phi) is 5.98. The Balaban J connectivity index is 2.28. The van der Waals surface area contributed by atoms with Gasteiger partial charge in [0.25, 0.3) is 5.91 Å². The second-order valence-electron chi connectivity index (χ2n) is 6.11. The summed E-state index contributed by atoms with van der Waals surface area (Å²) in [5.74, 6) is -0.286. The largest absolute Gasteiger partial charge is 0.345 e. The lowest BCUT2D eigenvalue weighted by atomic mass is 9.99. The molecular weight excluding hydrogens is 336 g/mol. The van der Waals surface area contributed by atoms with Crippen LogP contribution in [-0.4, -0.2) is 32.7 Å². The first kappa shape index (κ1) is 19.1. The number of rotatable bonds is 6. The van der Waals surface area contributed by atoms with Gasteiger partial charge in [0.2, 0.25) is 10.0 Å². The first-order chi connectivity index (χ1) is 11.8.